The maximum Gasteiger partial charge on any atom is 0.180 e. The fourth-order valence-corrected chi connectivity index (χ4v) is 0.898. The molecule has 0 aromatic heterocycles. The Balaban J connectivity index is 4.38. The van der Waals surface area contributed by atoms with Gasteiger partial charge in [0, 0.05) is 13.5 Å². The molecule has 0 fully saturated rings. The topological polar surface area (TPSA) is 29.4 Å². The number of carbonyl (C=O) groups is 1. The first-order valence-corrected chi connectivity index (χ1v) is 4.26. The van der Waals surface area contributed by atoms with Crippen LogP contribution in [-0.4, -0.2) is 18.5 Å². The number of hydrogen-bond acceptors (Lipinski definition) is 2. The van der Waals surface area contributed by atoms with Gasteiger partial charge in [-0.15, -0.1) is 0 Å². The summed E-state index contributed by atoms with van der Waals surface area (Å²) < 4.78 is 0. The number of carbonyl (C=O) groups excluding carboxylic acids is 1. The Bertz CT molecular complexity index is 210. The van der Waals surface area contributed by atoms with Gasteiger partial charge >= 0.3 is 0 Å². The molecule has 0 aliphatic rings. The first-order valence-electron chi connectivity index (χ1n) is 4.26. The molecule has 0 unspecified atom stereocenters. The molecule has 0 spiro atoms. The summed E-state index contributed by atoms with van der Waals surface area (Å²) in [6.07, 6.45) is 3.31. The first-order chi connectivity index (χ1) is 5.61. The second kappa shape index (κ2) is 5.70. The largest absolute Gasteiger partial charge is 0.292 e. The van der Waals surface area contributed by atoms with Crippen molar-refractivity contribution in [2.24, 2.45) is 4.99 Å². The van der Waals surface area contributed by atoms with Crippen molar-refractivity contribution in [1.82, 2.24) is 0 Å². The van der Waals surface area contributed by atoms with Crippen molar-refractivity contribution in [3.8, 4) is 0 Å². The quantitative estimate of drug-likeness (QED) is 0.591. The molecule has 0 N–H and O–H groups in total. The summed E-state index contributed by atoms with van der Waals surface area (Å²) in [6.45, 7) is 5.92. The van der Waals surface area contributed by atoms with Crippen molar-refractivity contribution in [1.29, 1.82) is 0 Å². The molecular weight excluding hydrogens is 150 g/mol. The number of rotatable bonds is 4. The third-order valence-electron chi connectivity index (χ3n) is 1.43. The van der Waals surface area contributed by atoms with Gasteiger partial charge in [0.15, 0.2) is 5.78 Å². The summed E-state index contributed by atoms with van der Waals surface area (Å²) in [7, 11) is 1.66. The third-order valence-corrected chi connectivity index (χ3v) is 1.43. The Labute approximate surface area is 74.4 Å². The predicted molar refractivity (Wildman–Crippen MR) is 52.7 cm³/mol. The van der Waals surface area contributed by atoms with Crippen LogP contribution in [0.1, 0.15) is 33.6 Å². The number of allylic oxidation sites excluding steroid dienone is 2. The van der Waals surface area contributed by atoms with E-state index in [1.165, 1.54) is 0 Å². The van der Waals surface area contributed by atoms with E-state index in [0.29, 0.717) is 12.1 Å². The van der Waals surface area contributed by atoms with Gasteiger partial charge < -0.3 is 0 Å². The molecule has 2 nitrogen and oxygen atoms in total. The van der Waals surface area contributed by atoms with Crippen molar-refractivity contribution >= 4 is 11.5 Å². The summed E-state index contributed by atoms with van der Waals surface area (Å²) in [5, 5.41) is 0. The number of ketones is 1. The molecule has 0 atom stereocenters. The molecule has 12 heavy (non-hydrogen) atoms. The summed E-state index contributed by atoms with van der Waals surface area (Å²) in [4.78, 5) is 15.3. The van der Waals surface area contributed by atoms with E-state index in [1.807, 2.05) is 26.8 Å². The summed E-state index contributed by atoms with van der Waals surface area (Å²) >= 11 is 0. The van der Waals surface area contributed by atoms with Crippen molar-refractivity contribution in [2.45, 2.75) is 33.6 Å². The second-order valence-electron chi connectivity index (χ2n) is 3.00. The zero-order valence-corrected chi connectivity index (χ0v) is 8.35. The van der Waals surface area contributed by atoms with Crippen LogP contribution in [0.15, 0.2) is 16.6 Å². The minimum Gasteiger partial charge on any atom is -0.292 e. The number of aliphatic imine (C=N–C) groups is 1. The van der Waals surface area contributed by atoms with Crippen LogP contribution in [0.4, 0.5) is 0 Å². The highest BCUT2D eigenvalue weighted by Gasteiger charge is 2.05. The number of Topliss-reactive ketones (excluding diaryl/α,β-unsaturated/α-hetero) is 1. The molecule has 0 aromatic rings. The normalized spacial score (nSPS) is 11.2. The van der Waals surface area contributed by atoms with Crippen LogP contribution in [0.25, 0.3) is 0 Å². The minimum absolute atomic E-state index is 0.140. The first kappa shape index (κ1) is 11.1. The molecule has 0 radical (unpaired) electrons. The zero-order chi connectivity index (χ0) is 9.56. The van der Waals surface area contributed by atoms with Gasteiger partial charge in [-0.05, 0) is 26.3 Å². The highest BCUT2D eigenvalue weighted by Crippen LogP contribution is 1.97. The van der Waals surface area contributed by atoms with Crippen LogP contribution in [0, 0.1) is 0 Å². The van der Waals surface area contributed by atoms with Crippen LogP contribution in [0.2, 0.25) is 0 Å². The van der Waals surface area contributed by atoms with E-state index in [-0.39, 0.29) is 5.78 Å². The molecular formula is C10H17NO. The Morgan fingerprint density at radius 2 is 2.00 bits per heavy atom. The Kier molecular flexibility index (Phi) is 5.26. The van der Waals surface area contributed by atoms with E-state index in [4.69, 9.17) is 0 Å². The minimum atomic E-state index is 0.140. The van der Waals surface area contributed by atoms with E-state index >= 15 is 0 Å². The van der Waals surface area contributed by atoms with E-state index in [1.54, 1.807) is 7.05 Å². The maximum atomic E-state index is 11.3. The van der Waals surface area contributed by atoms with Crippen LogP contribution in [0.5, 0.6) is 0 Å². The molecule has 0 amide bonds. The van der Waals surface area contributed by atoms with Gasteiger partial charge in [-0.25, -0.2) is 0 Å². The molecule has 0 aromatic carbocycles. The Morgan fingerprint density at radius 3 is 2.33 bits per heavy atom. The Morgan fingerprint density at radius 1 is 1.42 bits per heavy atom. The molecule has 0 saturated heterocycles. The van der Waals surface area contributed by atoms with Crippen LogP contribution < -0.4 is 0 Å². The maximum absolute atomic E-state index is 11.3. The lowest BCUT2D eigenvalue weighted by molar-refractivity contribution is -0.112. The van der Waals surface area contributed by atoms with Crippen LogP contribution in [0.3, 0.4) is 0 Å². The molecule has 0 aliphatic heterocycles. The van der Waals surface area contributed by atoms with E-state index in [9.17, 15) is 4.79 Å². The smallest absolute Gasteiger partial charge is 0.180 e. The van der Waals surface area contributed by atoms with Gasteiger partial charge in [-0.1, -0.05) is 12.5 Å². The van der Waals surface area contributed by atoms with Crippen molar-refractivity contribution in [3.63, 3.8) is 0 Å². The highest BCUT2D eigenvalue weighted by atomic mass is 16.1. The van der Waals surface area contributed by atoms with Crippen molar-refractivity contribution < 1.29 is 4.79 Å². The summed E-state index contributed by atoms with van der Waals surface area (Å²) in [5.41, 5.74) is 1.71. The van der Waals surface area contributed by atoms with Gasteiger partial charge in [0.1, 0.15) is 0 Å². The van der Waals surface area contributed by atoms with E-state index in [2.05, 4.69) is 4.99 Å². The van der Waals surface area contributed by atoms with Gasteiger partial charge in [0.25, 0.3) is 0 Å². The van der Waals surface area contributed by atoms with Crippen molar-refractivity contribution in [3.05, 3.63) is 11.6 Å². The highest BCUT2D eigenvalue weighted by molar-refractivity contribution is 6.44. The zero-order valence-electron chi connectivity index (χ0n) is 8.35. The van der Waals surface area contributed by atoms with Gasteiger partial charge in [-0.3, -0.25) is 9.79 Å². The van der Waals surface area contributed by atoms with Gasteiger partial charge in [-0.2, -0.15) is 0 Å². The standard InChI is InChI=1S/C10H17NO/c1-5-6-10(12)9(11-4)7-8(2)3/h7H,5-6H2,1-4H3/b11-9+. The van der Waals surface area contributed by atoms with Gasteiger partial charge in [0.2, 0.25) is 0 Å². The number of hydrogen-bond donors (Lipinski definition) is 0. The fourth-order valence-electron chi connectivity index (χ4n) is 0.898. The SMILES string of the molecule is CCCC(=O)/C(C=C(C)C)=N/C. The molecule has 0 rings (SSSR count). The molecule has 0 bridgehead atoms. The van der Waals surface area contributed by atoms with Gasteiger partial charge in [0.05, 0.1) is 5.71 Å². The lowest BCUT2D eigenvalue weighted by Crippen LogP contribution is -2.11. The predicted octanol–water partition coefficient (Wildman–Crippen LogP) is 2.39. The van der Waals surface area contributed by atoms with E-state index in [0.717, 1.165) is 12.0 Å². The average molecular weight is 167 g/mol. The molecule has 2 heteroatoms. The second-order valence-corrected chi connectivity index (χ2v) is 3.00. The van der Waals surface area contributed by atoms with E-state index < -0.39 is 0 Å². The average Bonchev–Trinajstić information content (AvgIpc) is 2.00. The van der Waals surface area contributed by atoms with Crippen LogP contribution >= 0.6 is 0 Å². The molecule has 0 aliphatic carbocycles. The summed E-state index contributed by atoms with van der Waals surface area (Å²) in [5.74, 6) is 0.140. The lowest BCUT2D eigenvalue weighted by Gasteiger charge is -1.98. The fraction of sp³-hybridized carbons (Fsp3) is 0.600. The molecule has 0 saturated carbocycles. The lowest BCUT2D eigenvalue weighted by atomic mass is 10.1. The Hall–Kier alpha value is -0.920. The van der Waals surface area contributed by atoms with Crippen LogP contribution in [-0.2, 0) is 4.79 Å². The molecule has 0 heterocycles. The van der Waals surface area contributed by atoms with Crippen molar-refractivity contribution in [2.75, 3.05) is 7.05 Å². The molecule has 68 valence electrons. The summed E-state index contributed by atoms with van der Waals surface area (Å²) in [6, 6.07) is 0. The third kappa shape index (κ3) is 4.06. The number of nitrogens with zero attached hydrogens (tertiary/aromatic N) is 1. The monoisotopic (exact) mass is 167 g/mol.